The molecule has 2 aliphatic heterocycles. The minimum atomic E-state index is -0.172. The number of fused-ring (bicyclic) bond motifs is 1. The topological polar surface area (TPSA) is 118 Å². The van der Waals surface area contributed by atoms with Crippen LogP contribution in [0.3, 0.4) is 0 Å². The van der Waals surface area contributed by atoms with Crippen LogP contribution in [0.2, 0.25) is 0 Å². The minimum absolute atomic E-state index is 0.172. The number of aromatic nitrogens is 3. The monoisotopic (exact) mass is 513 g/mol. The molecule has 1 amide bonds. The van der Waals surface area contributed by atoms with Crippen LogP contribution in [0.1, 0.15) is 41.5 Å². The Morgan fingerprint density at radius 2 is 1.92 bits per heavy atom. The van der Waals surface area contributed by atoms with Crippen molar-refractivity contribution in [2.24, 2.45) is 0 Å². The highest BCUT2D eigenvalue weighted by molar-refractivity contribution is 5.76. The van der Waals surface area contributed by atoms with E-state index in [2.05, 4.69) is 37.1 Å². The zero-order valence-electron chi connectivity index (χ0n) is 21.5. The molecule has 0 saturated carbocycles. The number of aromatic amines is 1. The van der Waals surface area contributed by atoms with Crippen LogP contribution < -0.4 is 20.1 Å². The SMILES string of the molecule is Cc1c(N2Cc3cccc(OCCCCC(=O)N4CCN(c5ccc(C#N)cn5)CC4)c3C2)cn[nH]c1=O. The van der Waals surface area contributed by atoms with Crippen molar-refractivity contribution in [1.82, 2.24) is 20.1 Å². The Kier molecular flexibility index (Phi) is 7.54. The third kappa shape index (κ3) is 5.47. The number of unbranched alkanes of at least 4 members (excludes halogenated alkanes) is 1. The Bertz CT molecular complexity index is 1390. The lowest BCUT2D eigenvalue weighted by Gasteiger charge is -2.35. The highest BCUT2D eigenvalue weighted by atomic mass is 16.5. The summed E-state index contributed by atoms with van der Waals surface area (Å²) in [6, 6.07) is 11.8. The molecule has 0 radical (unpaired) electrons. The maximum atomic E-state index is 12.7. The van der Waals surface area contributed by atoms with Gasteiger partial charge in [0.15, 0.2) is 0 Å². The van der Waals surface area contributed by atoms with Crippen LogP contribution in [-0.4, -0.2) is 58.8 Å². The van der Waals surface area contributed by atoms with E-state index in [4.69, 9.17) is 10.00 Å². The smallest absolute Gasteiger partial charge is 0.269 e. The fourth-order valence-corrected chi connectivity index (χ4v) is 5.01. The average molecular weight is 514 g/mol. The second kappa shape index (κ2) is 11.3. The predicted molar refractivity (Wildman–Crippen MR) is 143 cm³/mol. The Labute approximate surface area is 221 Å². The molecule has 1 fully saturated rings. The Balaban J connectivity index is 1.05. The van der Waals surface area contributed by atoms with Gasteiger partial charge in [0.2, 0.25) is 5.91 Å². The summed E-state index contributed by atoms with van der Waals surface area (Å²) < 4.78 is 6.13. The molecule has 0 aliphatic carbocycles. The van der Waals surface area contributed by atoms with Gasteiger partial charge in [-0.05, 0) is 43.5 Å². The number of carbonyl (C=O) groups excluding carboxylic acids is 1. The normalized spacial score (nSPS) is 14.8. The minimum Gasteiger partial charge on any atom is -0.493 e. The molecule has 10 heteroatoms. The first-order valence-corrected chi connectivity index (χ1v) is 12.9. The quantitative estimate of drug-likeness (QED) is 0.457. The third-order valence-electron chi connectivity index (χ3n) is 7.23. The molecule has 0 bridgehead atoms. The van der Waals surface area contributed by atoms with E-state index in [0.717, 1.165) is 48.7 Å². The highest BCUT2D eigenvalue weighted by Crippen LogP contribution is 2.34. The van der Waals surface area contributed by atoms with Crippen molar-refractivity contribution < 1.29 is 9.53 Å². The summed E-state index contributed by atoms with van der Waals surface area (Å²) in [6.07, 6.45) is 5.36. The summed E-state index contributed by atoms with van der Waals surface area (Å²) in [5.41, 5.74) is 4.19. The summed E-state index contributed by atoms with van der Waals surface area (Å²) in [7, 11) is 0. The largest absolute Gasteiger partial charge is 0.493 e. The molecule has 10 nitrogen and oxygen atoms in total. The van der Waals surface area contributed by atoms with Crippen LogP contribution in [0.5, 0.6) is 5.75 Å². The number of anilines is 2. The van der Waals surface area contributed by atoms with Crippen molar-refractivity contribution >= 4 is 17.4 Å². The van der Waals surface area contributed by atoms with E-state index in [1.165, 1.54) is 5.56 Å². The molecule has 4 heterocycles. The zero-order valence-corrected chi connectivity index (χ0v) is 21.5. The van der Waals surface area contributed by atoms with Gasteiger partial charge >= 0.3 is 0 Å². The van der Waals surface area contributed by atoms with E-state index in [-0.39, 0.29) is 11.5 Å². The second-order valence-corrected chi connectivity index (χ2v) is 9.65. The average Bonchev–Trinajstić information content (AvgIpc) is 3.39. The number of pyridine rings is 1. The van der Waals surface area contributed by atoms with Crippen LogP contribution in [0.15, 0.2) is 47.5 Å². The molecule has 1 N–H and O–H groups in total. The van der Waals surface area contributed by atoms with E-state index in [1.54, 1.807) is 18.5 Å². The first-order valence-electron chi connectivity index (χ1n) is 12.9. The molecular weight excluding hydrogens is 482 g/mol. The van der Waals surface area contributed by atoms with Crippen LogP contribution in [-0.2, 0) is 17.9 Å². The molecule has 196 valence electrons. The van der Waals surface area contributed by atoms with Crippen molar-refractivity contribution in [3.05, 3.63) is 75.3 Å². The van der Waals surface area contributed by atoms with Gasteiger partial charge in [0.25, 0.3) is 5.56 Å². The molecule has 0 atom stereocenters. The van der Waals surface area contributed by atoms with Crippen molar-refractivity contribution in [3.8, 4) is 11.8 Å². The summed E-state index contributed by atoms with van der Waals surface area (Å²) in [6.45, 7) is 6.55. The van der Waals surface area contributed by atoms with Crippen molar-refractivity contribution in [1.29, 1.82) is 5.26 Å². The summed E-state index contributed by atoms with van der Waals surface area (Å²) >= 11 is 0. The van der Waals surface area contributed by atoms with E-state index in [0.29, 0.717) is 50.3 Å². The maximum absolute atomic E-state index is 12.7. The molecule has 1 saturated heterocycles. The molecule has 38 heavy (non-hydrogen) atoms. The van der Waals surface area contributed by atoms with E-state index in [1.807, 2.05) is 30.0 Å². The molecule has 2 aromatic heterocycles. The standard InChI is InChI=1S/C28H31N7O3/c1-20-24(17-31-32-28(20)37)35-18-22-5-4-6-25(23(22)19-35)38-14-3-2-7-27(36)34-12-10-33(11-13-34)26-9-8-21(15-29)16-30-26/h4-6,8-9,16-17H,2-3,7,10-14,18-19H2,1H3,(H,32,37). The maximum Gasteiger partial charge on any atom is 0.269 e. The van der Waals surface area contributed by atoms with Crippen LogP contribution >= 0.6 is 0 Å². The molecular formula is C28H31N7O3. The van der Waals surface area contributed by atoms with Gasteiger partial charge in [-0.15, -0.1) is 0 Å². The number of nitrogens with zero attached hydrogens (tertiary/aromatic N) is 6. The Morgan fingerprint density at radius 3 is 2.68 bits per heavy atom. The summed E-state index contributed by atoms with van der Waals surface area (Å²) in [4.78, 5) is 35.2. The number of carbonyl (C=O) groups is 1. The molecule has 1 aromatic carbocycles. The van der Waals surface area contributed by atoms with Crippen molar-refractivity contribution in [2.75, 3.05) is 42.6 Å². The predicted octanol–water partition coefficient (Wildman–Crippen LogP) is 2.76. The van der Waals surface area contributed by atoms with Gasteiger partial charge in [0, 0.05) is 63.0 Å². The van der Waals surface area contributed by atoms with E-state index >= 15 is 0 Å². The van der Waals surface area contributed by atoms with Crippen LogP contribution in [0, 0.1) is 18.3 Å². The number of rotatable bonds is 8. The fourth-order valence-electron chi connectivity index (χ4n) is 5.01. The van der Waals surface area contributed by atoms with E-state index in [9.17, 15) is 9.59 Å². The molecule has 0 unspecified atom stereocenters. The lowest BCUT2D eigenvalue weighted by atomic mass is 10.1. The number of benzene rings is 1. The van der Waals surface area contributed by atoms with Gasteiger partial charge in [0.1, 0.15) is 17.6 Å². The Hall–Kier alpha value is -4.39. The van der Waals surface area contributed by atoms with Crippen LogP contribution in [0.4, 0.5) is 11.5 Å². The number of piperazine rings is 1. The Morgan fingerprint density at radius 1 is 1.08 bits per heavy atom. The number of H-pyrrole nitrogens is 1. The summed E-state index contributed by atoms with van der Waals surface area (Å²) in [5.74, 6) is 1.88. The molecule has 2 aliphatic rings. The van der Waals surface area contributed by atoms with Crippen molar-refractivity contribution in [2.45, 2.75) is 39.3 Å². The fraction of sp³-hybridized carbons (Fsp3) is 0.393. The van der Waals surface area contributed by atoms with Gasteiger partial charge in [0.05, 0.1) is 24.1 Å². The third-order valence-corrected chi connectivity index (χ3v) is 7.23. The number of amides is 1. The van der Waals surface area contributed by atoms with Crippen molar-refractivity contribution in [3.63, 3.8) is 0 Å². The van der Waals surface area contributed by atoms with Crippen LogP contribution in [0.25, 0.3) is 0 Å². The number of hydrogen-bond donors (Lipinski definition) is 1. The lowest BCUT2D eigenvalue weighted by Crippen LogP contribution is -2.49. The van der Waals surface area contributed by atoms with E-state index < -0.39 is 0 Å². The summed E-state index contributed by atoms with van der Waals surface area (Å²) in [5, 5.41) is 15.4. The first kappa shape index (κ1) is 25.3. The van der Waals surface area contributed by atoms with Gasteiger partial charge in [-0.2, -0.15) is 10.4 Å². The molecule has 5 rings (SSSR count). The number of ether oxygens (including phenoxy) is 1. The zero-order chi connectivity index (χ0) is 26.5. The second-order valence-electron chi connectivity index (χ2n) is 9.65. The highest BCUT2D eigenvalue weighted by Gasteiger charge is 2.25. The number of nitrogens with one attached hydrogen (secondary N) is 1. The first-order chi connectivity index (χ1) is 18.5. The van der Waals surface area contributed by atoms with Gasteiger partial charge in [-0.25, -0.2) is 10.1 Å². The van der Waals surface area contributed by atoms with Gasteiger partial charge < -0.3 is 19.4 Å². The van der Waals surface area contributed by atoms with Gasteiger partial charge in [-0.1, -0.05) is 12.1 Å². The number of hydrogen-bond acceptors (Lipinski definition) is 8. The molecule has 3 aromatic rings. The lowest BCUT2D eigenvalue weighted by molar-refractivity contribution is -0.131. The number of nitriles is 1. The van der Waals surface area contributed by atoms with Gasteiger partial charge in [-0.3, -0.25) is 9.59 Å². The molecule has 0 spiro atoms.